The van der Waals surface area contributed by atoms with Gasteiger partial charge in [0.2, 0.25) is 0 Å². The quantitative estimate of drug-likeness (QED) is 0.656. The van der Waals surface area contributed by atoms with Crippen LogP contribution in [0.4, 0.5) is 0 Å². The predicted molar refractivity (Wildman–Crippen MR) is 59.3 cm³/mol. The lowest BCUT2D eigenvalue weighted by Gasteiger charge is -2.05. The predicted octanol–water partition coefficient (Wildman–Crippen LogP) is 3.57. The van der Waals surface area contributed by atoms with Crippen LogP contribution in [0.3, 0.4) is 0 Å². The van der Waals surface area contributed by atoms with Gasteiger partial charge in [0.15, 0.2) is 0 Å². The second-order valence-electron chi connectivity index (χ2n) is 2.71. The summed E-state index contributed by atoms with van der Waals surface area (Å²) in [6, 6.07) is 4.18. The summed E-state index contributed by atoms with van der Waals surface area (Å²) in [7, 11) is 0. The largest absolute Gasteiger partial charge is 0.152 e. The molecule has 0 fully saturated rings. The molecule has 0 aromatic carbocycles. The van der Waals surface area contributed by atoms with Crippen molar-refractivity contribution in [3.63, 3.8) is 0 Å². The summed E-state index contributed by atoms with van der Waals surface area (Å²) in [4.78, 5) is 0. The fourth-order valence-electron chi connectivity index (χ4n) is 1.26. The first-order valence-electron chi connectivity index (χ1n) is 3.92. The van der Waals surface area contributed by atoms with Crippen LogP contribution >= 0.6 is 22.7 Å². The van der Waals surface area contributed by atoms with Crippen molar-refractivity contribution in [2.45, 2.75) is 5.92 Å². The highest BCUT2D eigenvalue weighted by atomic mass is 32.1. The molecule has 0 saturated carbocycles. The van der Waals surface area contributed by atoms with Crippen LogP contribution in [0.15, 0.2) is 33.7 Å². The van der Waals surface area contributed by atoms with Crippen LogP contribution in [0.2, 0.25) is 0 Å². The van der Waals surface area contributed by atoms with Crippen LogP contribution < -0.4 is 0 Å². The summed E-state index contributed by atoms with van der Waals surface area (Å²) >= 11 is 3.38. The van der Waals surface area contributed by atoms with Crippen molar-refractivity contribution in [3.8, 4) is 12.3 Å². The third-order valence-corrected chi connectivity index (χ3v) is 3.32. The van der Waals surface area contributed by atoms with Crippen LogP contribution in [-0.2, 0) is 0 Å². The average molecular weight is 204 g/mol. The highest BCUT2D eigenvalue weighted by molar-refractivity contribution is 7.08. The molecule has 0 aliphatic rings. The highest BCUT2D eigenvalue weighted by Gasteiger charge is 2.11. The lowest BCUT2D eigenvalue weighted by atomic mass is 9.97. The SMILES string of the molecule is C#CC(c1ccsc1)c1ccsc1. The molecule has 0 aliphatic heterocycles. The smallest absolute Gasteiger partial charge is 0.0715 e. The van der Waals surface area contributed by atoms with E-state index in [0.717, 1.165) is 0 Å². The van der Waals surface area contributed by atoms with E-state index in [1.54, 1.807) is 22.7 Å². The van der Waals surface area contributed by atoms with E-state index in [9.17, 15) is 0 Å². The Bertz CT molecular complexity index is 355. The summed E-state index contributed by atoms with van der Waals surface area (Å²) in [5.74, 6) is 2.96. The van der Waals surface area contributed by atoms with Gasteiger partial charge in [-0.1, -0.05) is 5.92 Å². The van der Waals surface area contributed by atoms with Crippen LogP contribution in [0.25, 0.3) is 0 Å². The average Bonchev–Trinajstić information content (AvgIpc) is 2.76. The first-order chi connectivity index (χ1) is 6.42. The molecule has 0 amide bonds. The zero-order valence-corrected chi connectivity index (χ0v) is 8.57. The van der Waals surface area contributed by atoms with Gasteiger partial charge in [-0.25, -0.2) is 0 Å². The van der Waals surface area contributed by atoms with E-state index in [1.165, 1.54) is 11.1 Å². The zero-order chi connectivity index (χ0) is 9.10. The van der Waals surface area contributed by atoms with Crippen molar-refractivity contribution >= 4 is 22.7 Å². The van der Waals surface area contributed by atoms with Gasteiger partial charge < -0.3 is 0 Å². The fraction of sp³-hybridized carbons (Fsp3) is 0.0909. The van der Waals surface area contributed by atoms with Gasteiger partial charge in [0.05, 0.1) is 5.92 Å². The van der Waals surface area contributed by atoms with Gasteiger partial charge in [0.1, 0.15) is 0 Å². The minimum Gasteiger partial charge on any atom is -0.152 e. The van der Waals surface area contributed by atoms with Gasteiger partial charge in [-0.2, -0.15) is 22.7 Å². The van der Waals surface area contributed by atoms with Crippen molar-refractivity contribution < 1.29 is 0 Å². The third kappa shape index (κ3) is 1.67. The maximum atomic E-state index is 5.51. The molecule has 2 aromatic heterocycles. The van der Waals surface area contributed by atoms with Gasteiger partial charge in [-0.05, 0) is 44.8 Å². The normalized spacial score (nSPS) is 10.2. The van der Waals surface area contributed by atoms with Crippen molar-refractivity contribution in [2.75, 3.05) is 0 Å². The fourth-order valence-corrected chi connectivity index (χ4v) is 2.64. The molecule has 2 aromatic rings. The minimum atomic E-state index is 0.137. The van der Waals surface area contributed by atoms with Gasteiger partial charge in [-0.3, -0.25) is 0 Å². The topological polar surface area (TPSA) is 0 Å². The van der Waals surface area contributed by atoms with Crippen molar-refractivity contribution in [2.24, 2.45) is 0 Å². The molecule has 0 atom stereocenters. The molecule has 0 N–H and O–H groups in total. The number of rotatable bonds is 2. The molecular weight excluding hydrogens is 196 g/mol. The maximum Gasteiger partial charge on any atom is 0.0715 e. The van der Waals surface area contributed by atoms with Crippen LogP contribution in [-0.4, -0.2) is 0 Å². The molecule has 2 heteroatoms. The van der Waals surface area contributed by atoms with Gasteiger partial charge in [0.25, 0.3) is 0 Å². The van der Waals surface area contributed by atoms with Gasteiger partial charge >= 0.3 is 0 Å². The Morgan fingerprint density at radius 1 is 1.08 bits per heavy atom. The zero-order valence-electron chi connectivity index (χ0n) is 6.94. The number of hydrogen-bond donors (Lipinski definition) is 0. The Morgan fingerprint density at radius 2 is 1.62 bits per heavy atom. The molecule has 13 heavy (non-hydrogen) atoms. The number of hydrogen-bond acceptors (Lipinski definition) is 2. The molecule has 0 bridgehead atoms. The molecule has 2 rings (SSSR count). The monoisotopic (exact) mass is 204 g/mol. The molecule has 0 radical (unpaired) electrons. The molecule has 0 aliphatic carbocycles. The van der Waals surface area contributed by atoms with E-state index >= 15 is 0 Å². The number of thiophene rings is 2. The summed E-state index contributed by atoms with van der Waals surface area (Å²) in [6.07, 6.45) is 5.51. The second kappa shape index (κ2) is 3.78. The Hall–Kier alpha value is -1.04. The Kier molecular flexibility index (Phi) is 2.49. The first-order valence-corrected chi connectivity index (χ1v) is 5.80. The van der Waals surface area contributed by atoms with Gasteiger partial charge in [0, 0.05) is 0 Å². The van der Waals surface area contributed by atoms with Gasteiger partial charge in [-0.15, -0.1) is 6.42 Å². The molecule has 0 saturated heterocycles. The summed E-state index contributed by atoms with van der Waals surface area (Å²) in [5, 5.41) is 8.35. The third-order valence-electron chi connectivity index (χ3n) is 1.92. The standard InChI is InChI=1S/C11H8S2/c1-2-11(9-3-5-12-7-9)10-4-6-13-8-10/h1,3-8,11H. The van der Waals surface area contributed by atoms with E-state index < -0.39 is 0 Å². The molecule has 2 heterocycles. The Morgan fingerprint density at radius 3 is 1.92 bits per heavy atom. The van der Waals surface area contributed by atoms with Crippen LogP contribution in [0, 0.1) is 12.3 Å². The highest BCUT2D eigenvalue weighted by Crippen LogP contribution is 2.26. The maximum absolute atomic E-state index is 5.51. The molecule has 0 nitrogen and oxygen atoms in total. The van der Waals surface area contributed by atoms with E-state index in [0.29, 0.717) is 0 Å². The minimum absolute atomic E-state index is 0.137. The van der Waals surface area contributed by atoms with Crippen LogP contribution in [0.5, 0.6) is 0 Å². The van der Waals surface area contributed by atoms with E-state index in [2.05, 4.69) is 39.6 Å². The second-order valence-corrected chi connectivity index (χ2v) is 4.27. The summed E-state index contributed by atoms with van der Waals surface area (Å²) in [6.45, 7) is 0. The van der Waals surface area contributed by atoms with E-state index in [4.69, 9.17) is 6.42 Å². The molecule has 64 valence electrons. The van der Waals surface area contributed by atoms with Crippen LogP contribution in [0.1, 0.15) is 17.0 Å². The van der Waals surface area contributed by atoms with E-state index in [1.807, 2.05) is 0 Å². The number of terminal acetylenes is 1. The lowest BCUT2D eigenvalue weighted by Crippen LogP contribution is -1.93. The molecule has 0 spiro atoms. The van der Waals surface area contributed by atoms with E-state index in [-0.39, 0.29) is 5.92 Å². The summed E-state index contributed by atoms with van der Waals surface area (Å²) < 4.78 is 0. The molecular formula is C11H8S2. The van der Waals surface area contributed by atoms with Crippen molar-refractivity contribution in [1.29, 1.82) is 0 Å². The van der Waals surface area contributed by atoms with Crippen molar-refractivity contribution in [3.05, 3.63) is 44.8 Å². The van der Waals surface area contributed by atoms with Crippen molar-refractivity contribution in [1.82, 2.24) is 0 Å². The molecule has 0 unspecified atom stereocenters. The first kappa shape index (κ1) is 8.55. The Balaban J connectivity index is 2.36. The summed E-state index contributed by atoms with van der Waals surface area (Å²) in [5.41, 5.74) is 2.46. The lowest BCUT2D eigenvalue weighted by molar-refractivity contribution is 1.09. The Labute approximate surface area is 85.9 Å².